The van der Waals surface area contributed by atoms with Crippen LogP contribution in [-0.2, 0) is 0 Å². The zero-order valence-corrected chi connectivity index (χ0v) is 7.55. The molecule has 0 aromatic carbocycles. The highest BCUT2D eigenvalue weighted by molar-refractivity contribution is 6.00. The SMILES string of the molecule is CNC(C)(C)C(=O)c1ccco1. The fourth-order valence-corrected chi connectivity index (χ4v) is 0.829. The first-order chi connectivity index (χ1) is 5.58. The van der Waals surface area contributed by atoms with Crippen LogP contribution in [0.2, 0.25) is 0 Å². The largest absolute Gasteiger partial charge is 0.461 e. The summed E-state index contributed by atoms with van der Waals surface area (Å²) in [5.41, 5.74) is -0.558. The average Bonchev–Trinajstić information content (AvgIpc) is 2.55. The second-order valence-electron chi connectivity index (χ2n) is 3.18. The van der Waals surface area contributed by atoms with Gasteiger partial charge in [0.1, 0.15) is 0 Å². The highest BCUT2D eigenvalue weighted by Gasteiger charge is 2.28. The van der Waals surface area contributed by atoms with Gasteiger partial charge < -0.3 is 9.73 Å². The molecule has 0 fully saturated rings. The number of furan rings is 1. The van der Waals surface area contributed by atoms with E-state index in [1.807, 2.05) is 13.8 Å². The minimum absolute atomic E-state index is 0.0324. The Morgan fingerprint density at radius 2 is 2.25 bits per heavy atom. The molecule has 0 saturated heterocycles. The minimum Gasteiger partial charge on any atom is -0.461 e. The molecular formula is C9H13NO2. The van der Waals surface area contributed by atoms with E-state index in [1.165, 1.54) is 6.26 Å². The smallest absolute Gasteiger partial charge is 0.217 e. The molecule has 1 heterocycles. The summed E-state index contributed by atoms with van der Waals surface area (Å²) >= 11 is 0. The predicted octanol–water partition coefficient (Wildman–Crippen LogP) is 1.46. The van der Waals surface area contributed by atoms with Crippen molar-refractivity contribution in [3.63, 3.8) is 0 Å². The molecule has 12 heavy (non-hydrogen) atoms. The van der Waals surface area contributed by atoms with Crippen molar-refractivity contribution in [1.82, 2.24) is 5.32 Å². The van der Waals surface area contributed by atoms with Gasteiger partial charge in [-0.05, 0) is 33.0 Å². The summed E-state index contributed by atoms with van der Waals surface area (Å²) in [6, 6.07) is 3.38. The van der Waals surface area contributed by atoms with Crippen LogP contribution in [0.3, 0.4) is 0 Å². The maximum Gasteiger partial charge on any atom is 0.217 e. The number of likely N-dealkylation sites (N-methyl/N-ethyl adjacent to an activating group) is 1. The Bertz CT molecular complexity index is 262. The third-order valence-corrected chi connectivity index (χ3v) is 1.94. The highest BCUT2D eigenvalue weighted by Crippen LogP contribution is 2.12. The van der Waals surface area contributed by atoms with Crippen LogP contribution in [-0.4, -0.2) is 18.4 Å². The highest BCUT2D eigenvalue weighted by atomic mass is 16.3. The molecule has 0 bridgehead atoms. The van der Waals surface area contributed by atoms with Crippen LogP contribution in [0.1, 0.15) is 24.4 Å². The monoisotopic (exact) mass is 167 g/mol. The van der Waals surface area contributed by atoms with Crippen molar-refractivity contribution >= 4 is 5.78 Å². The lowest BCUT2D eigenvalue weighted by atomic mass is 9.98. The second kappa shape index (κ2) is 3.11. The molecule has 0 radical (unpaired) electrons. The molecule has 1 rings (SSSR count). The van der Waals surface area contributed by atoms with Gasteiger partial charge in [-0.2, -0.15) is 0 Å². The second-order valence-corrected chi connectivity index (χ2v) is 3.18. The molecule has 1 aromatic rings. The van der Waals surface area contributed by atoms with Gasteiger partial charge >= 0.3 is 0 Å². The van der Waals surface area contributed by atoms with Crippen molar-refractivity contribution < 1.29 is 9.21 Å². The number of carbonyl (C=O) groups is 1. The summed E-state index contributed by atoms with van der Waals surface area (Å²) in [5, 5.41) is 2.92. The molecule has 0 aliphatic heterocycles. The maximum atomic E-state index is 11.6. The van der Waals surface area contributed by atoms with Gasteiger partial charge in [-0.15, -0.1) is 0 Å². The molecule has 0 saturated carbocycles. The van der Waals surface area contributed by atoms with E-state index >= 15 is 0 Å². The first kappa shape index (κ1) is 9.00. The predicted molar refractivity (Wildman–Crippen MR) is 46.2 cm³/mol. The van der Waals surface area contributed by atoms with E-state index < -0.39 is 5.54 Å². The standard InChI is InChI=1S/C9H13NO2/c1-9(2,10-3)8(11)7-5-4-6-12-7/h4-6,10H,1-3H3. The number of carbonyl (C=O) groups excluding carboxylic acids is 1. The molecule has 1 N–H and O–H groups in total. The van der Waals surface area contributed by atoms with E-state index in [-0.39, 0.29) is 5.78 Å². The van der Waals surface area contributed by atoms with Gasteiger partial charge in [0, 0.05) is 0 Å². The Labute approximate surface area is 71.8 Å². The fraction of sp³-hybridized carbons (Fsp3) is 0.444. The van der Waals surface area contributed by atoms with Crippen LogP contribution in [0, 0.1) is 0 Å². The van der Waals surface area contributed by atoms with E-state index in [2.05, 4.69) is 5.32 Å². The van der Waals surface area contributed by atoms with Crippen molar-refractivity contribution in [2.45, 2.75) is 19.4 Å². The van der Waals surface area contributed by atoms with Crippen LogP contribution in [0.4, 0.5) is 0 Å². The van der Waals surface area contributed by atoms with E-state index in [9.17, 15) is 4.79 Å². The quantitative estimate of drug-likeness (QED) is 0.693. The number of hydrogen-bond donors (Lipinski definition) is 1. The number of ketones is 1. The average molecular weight is 167 g/mol. The Morgan fingerprint density at radius 3 is 2.67 bits per heavy atom. The minimum atomic E-state index is -0.558. The van der Waals surface area contributed by atoms with Gasteiger partial charge in [0.2, 0.25) is 5.78 Å². The van der Waals surface area contributed by atoms with E-state index in [1.54, 1.807) is 19.2 Å². The van der Waals surface area contributed by atoms with E-state index in [4.69, 9.17) is 4.42 Å². The van der Waals surface area contributed by atoms with E-state index in [0.717, 1.165) is 0 Å². The number of nitrogens with one attached hydrogen (secondary N) is 1. The van der Waals surface area contributed by atoms with Crippen LogP contribution >= 0.6 is 0 Å². The van der Waals surface area contributed by atoms with Gasteiger partial charge in [-0.3, -0.25) is 4.79 Å². The lowest BCUT2D eigenvalue weighted by Crippen LogP contribution is -2.44. The van der Waals surface area contributed by atoms with Crippen LogP contribution in [0.5, 0.6) is 0 Å². The molecule has 0 atom stereocenters. The third kappa shape index (κ3) is 1.56. The molecule has 3 nitrogen and oxygen atoms in total. The van der Waals surface area contributed by atoms with Gasteiger partial charge in [-0.1, -0.05) is 0 Å². The van der Waals surface area contributed by atoms with Gasteiger partial charge in [0.05, 0.1) is 11.8 Å². The normalized spacial score (nSPS) is 11.6. The summed E-state index contributed by atoms with van der Waals surface area (Å²) in [6.45, 7) is 3.63. The van der Waals surface area contributed by atoms with Crippen molar-refractivity contribution in [1.29, 1.82) is 0 Å². The molecule has 0 aliphatic carbocycles. The summed E-state index contributed by atoms with van der Waals surface area (Å²) < 4.78 is 4.99. The van der Waals surface area contributed by atoms with E-state index in [0.29, 0.717) is 5.76 Å². The number of hydrogen-bond acceptors (Lipinski definition) is 3. The molecule has 0 spiro atoms. The molecule has 3 heteroatoms. The van der Waals surface area contributed by atoms with Crippen molar-refractivity contribution in [2.24, 2.45) is 0 Å². The van der Waals surface area contributed by atoms with Gasteiger partial charge in [-0.25, -0.2) is 0 Å². The summed E-state index contributed by atoms with van der Waals surface area (Å²) in [5.74, 6) is 0.365. The molecule has 66 valence electrons. The molecule has 0 amide bonds. The summed E-state index contributed by atoms with van der Waals surface area (Å²) in [6.07, 6.45) is 1.50. The lowest BCUT2D eigenvalue weighted by Gasteiger charge is -2.20. The Balaban J connectivity index is 2.86. The lowest BCUT2D eigenvalue weighted by molar-refractivity contribution is 0.0860. The molecule has 0 unspecified atom stereocenters. The Hall–Kier alpha value is -1.09. The summed E-state index contributed by atoms with van der Waals surface area (Å²) in [7, 11) is 1.75. The molecule has 0 aliphatic rings. The zero-order chi connectivity index (χ0) is 9.19. The fourth-order valence-electron chi connectivity index (χ4n) is 0.829. The van der Waals surface area contributed by atoms with Gasteiger partial charge in [0.25, 0.3) is 0 Å². The Kier molecular flexibility index (Phi) is 2.33. The number of rotatable bonds is 3. The van der Waals surface area contributed by atoms with Crippen LogP contribution < -0.4 is 5.32 Å². The van der Waals surface area contributed by atoms with Crippen molar-refractivity contribution in [3.05, 3.63) is 24.2 Å². The van der Waals surface area contributed by atoms with Crippen molar-refractivity contribution in [2.75, 3.05) is 7.05 Å². The number of Topliss-reactive ketones (excluding diaryl/α,β-unsaturated/α-hetero) is 1. The third-order valence-electron chi connectivity index (χ3n) is 1.94. The first-order valence-electron chi connectivity index (χ1n) is 3.85. The summed E-state index contributed by atoms with van der Waals surface area (Å²) in [4.78, 5) is 11.6. The van der Waals surface area contributed by atoms with Crippen molar-refractivity contribution in [3.8, 4) is 0 Å². The zero-order valence-electron chi connectivity index (χ0n) is 7.55. The molecule has 1 aromatic heterocycles. The molecular weight excluding hydrogens is 154 g/mol. The Morgan fingerprint density at radius 1 is 1.58 bits per heavy atom. The van der Waals surface area contributed by atoms with Crippen LogP contribution in [0.25, 0.3) is 0 Å². The topological polar surface area (TPSA) is 42.2 Å². The van der Waals surface area contributed by atoms with Gasteiger partial charge in [0.15, 0.2) is 5.76 Å². The first-order valence-corrected chi connectivity index (χ1v) is 3.85. The maximum absolute atomic E-state index is 11.6. The van der Waals surface area contributed by atoms with Crippen LogP contribution in [0.15, 0.2) is 22.8 Å².